The second-order valence-electron chi connectivity index (χ2n) is 13.1. The minimum atomic E-state index is -0.835. The van der Waals surface area contributed by atoms with Gasteiger partial charge in [-0.1, -0.05) is 36.8 Å². The van der Waals surface area contributed by atoms with Gasteiger partial charge in [0.05, 0.1) is 12.1 Å². The lowest BCUT2D eigenvalue weighted by Crippen LogP contribution is -2.49. The molecular formula is C33H52N6O7S. The number of hydrogen-bond donors (Lipinski definition) is 4. The summed E-state index contributed by atoms with van der Waals surface area (Å²) in [5.74, 6) is 0.636. The molecule has 4 N–H and O–H groups in total. The van der Waals surface area contributed by atoms with Crippen molar-refractivity contribution >= 4 is 41.8 Å². The summed E-state index contributed by atoms with van der Waals surface area (Å²) in [4.78, 5) is 65.5. The fourth-order valence-corrected chi connectivity index (χ4v) is 6.94. The van der Waals surface area contributed by atoms with E-state index in [1.54, 1.807) is 39.8 Å². The van der Waals surface area contributed by atoms with E-state index >= 15 is 0 Å². The first kappa shape index (κ1) is 37.8. The number of fused-ring (bicyclic) bond motifs is 1. The van der Waals surface area contributed by atoms with Crippen LogP contribution in [0.1, 0.15) is 71.3 Å². The molecule has 2 saturated heterocycles. The first-order chi connectivity index (χ1) is 22.3. The number of hydrogen-bond acceptors (Lipinski definition) is 8. The highest BCUT2D eigenvalue weighted by atomic mass is 32.2. The number of nitrogens with one attached hydrogen (secondary N) is 4. The van der Waals surface area contributed by atoms with Gasteiger partial charge in [0.2, 0.25) is 11.8 Å². The number of amides is 6. The van der Waals surface area contributed by atoms with Gasteiger partial charge in [-0.05, 0) is 58.4 Å². The van der Waals surface area contributed by atoms with E-state index in [1.165, 1.54) is 4.90 Å². The number of thioether (sulfide) groups is 1. The molecule has 47 heavy (non-hydrogen) atoms. The molecule has 4 atom stereocenters. The van der Waals surface area contributed by atoms with Crippen molar-refractivity contribution in [3.8, 4) is 0 Å². The van der Waals surface area contributed by atoms with E-state index in [9.17, 15) is 24.0 Å². The lowest BCUT2D eigenvalue weighted by molar-refractivity contribution is -0.135. The second kappa shape index (κ2) is 18.6. The molecule has 2 fully saturated rings. The monoisotopic (exact) mass is 676 g/mol. The summed E-state index contributed by atoms with van der Waals surface area (Å²) >= 11 is 1.87. The first-order valence-electron chi connectivity index (χ1n) is 16.4. The summed E-state index contributed by atoms with van der Waals surface area (Å²) in [5, 5.41) is 11.7. The molecule has 2 aliphatic rings. The van der Waals surface area contributed by atoms with Gasteiger partial charge < -0.3 is 40.5 Å². The highest BCUT2D eigenvalue weighted by Gasteiger charge is 2.42. The Balaban J connectivity index is 1.41. The van der Waals surface area contributed by atoms with Gasteiger partial charge in [-0.3, -0.25) is 9.59 Å². The summed E-state index contributed by atoms with van der Waals surface area (Å²) in [6.45, 7) is 6.46. The normalized spacial score (nSPS) is 19.1. The van der Waals surface area contributed by atoms with Crippen LogP contribution in [0.2, 0.25) is 0 Å². The molecule has 1 aromatic carbocycles. The van der Waals surface area contributed by atoms with Crippen molar-refractivity contribution in [3.05, 3.63) is 35.9 Å². The molecule has 0 aromatic heterocycles. The van der Waals surface area contributed by atoms with Gasteiger partial charge in [0.1, 0.15) is 18.2 Å². The molecule has 14 heteroatoms. The number of rotatable bonds is 17. The van der Waals surface area contributed by atoms with Gasteiger partial charge in [-0.2, -0.15) is 11.8 Å². The van der Waals surface area contributed by atoms with E-state index in [2.05, 4.69) is 21.3 Å². The lowest BCUT2D eigenvalue weighted by atomic mass is 10.0. The predicted molar refractivity (Wildman–Crippen MR) is 181 cm³/mol. The molecule has 1 aromatic rings. The van der Waals surface area contributed by atoms with E-state index in [1.807, 2.05) is 42.1 Å². The average molecular weight is 677 g/mol. The third kappa shape index (κ3) is 13.5. The van der Waals surface area contributed by atoms with Crippen LogP contribution in [-0.2, 0) is 25.7 Å². The molecule has 2 aliphatic heterocycles. The maximum atomic E-state index is 13.4. The summed E-state index contributed by atoms with van der Waals surface area (Å²) in [5.41, 5.74) is 0.233. The molecule has 0 saturated carbocycles. The second-order valence-corrected chi connectivity index (χ2v) is 14.4. The molecule has 1 unspecified atom stereocenters. The average Bonchev–Trinajstić information content (AvgIpc) is 3.58. The fourth-order valence-electron chi connectivity index (χ4n) is 5.40. The van der Waals surface area contributed by atoms with Gasteiger partial charge in [-0.15, -0.1) is 0 Å². The van der Waals surface area contributed by atoms with Gasteiger partial charge in [0.15, 0.2) is 0 Å². The Bertz CT molecular complexity index is 1200. The van der Waals surface area contributed by atoms with Crippen molar-refractivity contribution in [1.82, 2.24) is 31.1 Å². The SMILES string of the molecule is CN(CCN(C)C(=O)[C@H](CCCCNC(=O)OC(C)(C)C)NC(=O)OCc1ccccc1)C(=O)CCCC[C@H]1SCC2NC(=O)N[C@H]21. The molecule has 13 nitrogen and oxygen atoms in total. The zero-order chi connectivity index (χ0) is 34.4. The molecule has 2 heterocycles. The third-order valence-corrected chi connectivity index (χ3v) is 9.54. The van der Waals surface area contributed by atoms with E-state index in [4.69, 9.17) is 9.47 Å². The summed E-state index contributed by atoms with van der Waals surface area (Å²) in [6.07, 6.45) is 3.29. The number of urea groups is 1. The summed E-state index contributed by atoms with van der Waals surface area (Å²) < 4.78 is 10.6. The summed E-state index contributed by atoms with van der Waals surface area (Å²) in [7, 11) is 3.38. The molecule has 3 rings (SSSR count). The molecular weight excluding hydrogens is 624 g/mol. The van der Waals surface area contributed by atoms with E-state index < -0.39 is 23.8 Å². The van der Waals surface area contributed by atoms with Crippen molar-refractivity contribution in [3.63, 3.8) is 0 Å². The molecule has 0 aliphatic carbocycles. The van der Waals surface area contributed by atoms with Gasteiger partial charge in [0, 0.05) is 51.2 Å². The first-order valence-corrected chi connectivity index (χ1v) is 17.5. The van der Waals surface area contributed by atoms with Gasteiger partial charge in [0.25, 0.3) is 0 Å². The van der Waals surface area contributed by atoms with Crippen LogP contribution in [0.15, 0.2) is 30.3 Å². The molecule has 0 bridgehead atoms. The Hall–Kier alpha value is -3.68. The maximum Gasteiger partial charge on any atom is 0.408 e. The van der Waals surface area contributed by atoms with E-state index in [0.717, 1.165) is 30.6 Å². The maximum absolute atomic E-state index is 13.4. The summed E-state index contributed by atoms with van der Waals surface area (Å²) in [6, 6.07) is 8.69. The molecule has 6 amide bonds. The van der Waals surface area contributed by atoms with Crippen LogP contribution >= 0.6 is 11.8 Å². The van der Waals surface area contributed by atoms with Crippen LogP contribution in [-0.4, -0.2) is 108 Å². The third-order valence-electron chi connectivity index (χ3n) is 8.03. The van der Waals surface area contributed by atoms with Crippen molar-refractivity contribution in [2.75, 3.05) is 39.5 Å². The highest BCUT2D eigenvalue weighted by Crippen LogP contribution is 2.33. The molecule has 262 valence electrons. The van der Waals surface area contributed by atoms with Crippen LogP contribution in [0, 0.1) is 0 Å². The molecule has 0 spiro atoms. The van der Waals surface area contributed by atoms with E-state index in [-0.39, 0.29) is 36.5 Å². The Kier molecular flexibility index (Phi) is 15.0. The smallest absolute Gasteiger partial charge is 0.408 e. The number of carbonyl (C=O) groups is 5. The standard InChI is InChI=1S/C33H52N6O7S/c1-33(2,3)46-31(43)34-18-12-11-15-24(36-32(44)45-21-23-13-7-6-8-14-23)29(41)39(5)20-19-38(4)27(40)17-10-9-16-26-28-25(22-47-26)35-30(42)37-28/h6-8,13-14,24-26,28H,9-12,15-22H2,1-5H3,(H,34,43)(H,36,44)(H2,35,37,42)/t24-,25?,26+,28+/m0/s1. The Morgan fingerprint density at radius 1 is 0.979 bits per heavy atom. The van der Waals surface area contributed by atoms with E-state index in [0.29, 0.717) is 50.6 Å². The minimum Gasteiger partial charge on any atom is -0.445 e. The zero-order valence-electron chi connectivity index (χ0n) is 28.3. The van der Waals surface area contributed by atoms with Crippen molar-refractivity contribution in [2.24, 2.45) is 0 Å². The largest absolute Gasteiger partial charge is 0.445 e. The predicted octanol–water partition coefficient (Wildman–Crippen LogP) is 3.62. The number of benzene rings is 1. The Morgan fingerprint density at radius 2 is 1.70 bits per heavy atom. The number of carbonyl (C=O) groups excluding carboxylic acids is 5. The number of nitrogens with zero attached hydrogens (tertiary/aromatic N) is 2. The number of ether oxygens (including phenoxy) is 2. The topological polar surface area (TPSA) is 158 Å². The Labute approximate surface area is 282 Å². The fraction of sp³-hybridized carbons (Fsp3) is 0.667. The number of unbranched alkanes of at least 4 members (excludes halogenated alkanes) is 2. The van der Waals surface area contributed by atoms with Crippen molar-refractivity contribution in [2.45, 2.75) is 101 Å². The van der Waals surface area contributed by atoms with Crippen LogP contribution in [0.3, 0.4) is 0 Å². The minimum absolute atomic E-state index is 0.00953. The molecule has 0 radical (unpaired) electrons. The van der Waals surface area contributed by atoms with Crippen molar-refractivity contribution in [1.29, 1.82) is 0 Å². The van der Waals surface area contributed by atoms with Crippen LogP contribution in [0.5, 0.6) is 0 Å². The lowest BCUT2D eigenvalue weighted by Gasteiger charge is -2.27. The number of alkyl carbamates (subject to hydrolysis) is 2. The van der Waals surface area contributed by atoms with Gasteiger partial charge in [-0.25, -0.2) is 14.4 Å². The highest BCUT2D eigenvalue weighted by molar-refractivity contribution is 8.00. The van der Waals surface area contributed by atoms with Crippen LogP contribution in [0.4, 0.5) is 14.4 Å². The van der Waals surface area contributed by atoms with Crippen LogP contribution < -0.4 is 21.3 Å². The van der Waals surface area contributed by atoms with Crippen molar-refractivity contribution < 1.29 is 33.4 Å². The van der Waals surface area contributed by atoms with Crippen LogP contribution in [0.25, 0.3) is 0 Å². The number of likely N-dealkylation sites (N-methyl/N-ethyl adjacent to an activating group) is 2. The Morgan fingerprint density at radius 3 is 2.43 bits per heavy atom. The zero-order valence-corrected chi connectivity index (χ0v) is 29.2. The van der Waals surface area contributed by atoms with Gasteiger partial charge >= 0.3 is 18.2 Å². The quantitative estimate of drug-likeness (QED) is 0.144.